The summed E-state index contributed by atoms with van der Waals surface area (Å²) in [6, 6.07) is 4.19. The zero-order chi connectivity index (χ0) is 24.4. The van der Waals surface area contributed by atoms with Crippen LogP contribution in [-0.2, 0) is 19.1 Å². The molecule has 1 fully saturated rings. The van der Waals surface area contributed by atoms with Gasteiger partial charge in [0, 0.05) is 18.7 Å². The second-order valence-electron chi connectivity index (χ2n) is 9.04. The number of carbonyl (C=O) groups is 1. The van der Waals surface area contributed by atoms with Gasteiger partial charge in [-0.15, -0.1) is 0 Å². The van der Waals surface area contributed by atoms with Crippen LogP contribution in [0.1, 0.15) is 74.5 Å². The van der Waals surface area contributed by atoms with Crippen molar-refractivity contribution in [2.24, 2.45) is 5.92 Å². The molecule has 3 rings (SSSR count). The third-order valence-electron chi connectivity index (χ3n) is 6.38. The molecule has 1 heterocycles. The van der Waals surface area contributed by atoms with Crippen LogP contribution in [0.25, 0.3) is 11.3 Å². The number of halogens is 4. The van der Waals surface area contributed by atoms with Crippen LogP contribution in [0.4, 0.5) is 13.2 Å². The first-order valence-corrected chi connectivity index (χ1v) is 11.8. The molecule has 1 aliphatic rings. The van der Waals surface area contributed by atoms with Crippen molar-refractivity contribution in [1.82, 2.24) is 15.1 Å². The number of nitrogens with zero attached hydrogens (tertiary/aromatic N) is 2. The SMILES string of the molecule is CCCc1ccc(-c2c(Cl)c(C(=O)NCC3(O)CCC(C)CC3)nn2CC)c(C(F)(F)F)c1. The minimum atomic E-state index is -4.59. The summed E-state index contributed by atoms with van der Waals surface area (Å²) in [5.41, 5.74) is -1.41. The Morgan fingerprint density at radius 2 is 1.97 bits per heavy atom. The normalized spacial score (nSPS) is 21.3. The average Bonchev–Trinajstić information content (AvgIpc) is 3.10. The molecule has 1 aromatic heterocycles. The maximum Gasteiger partial charge on any atom is 0.417 e. The van der Waals surface area contributed by atoms with Crippen LogP contribution in [0.5, 0.6) is 0 Å². The highest BCUT2D eigenvalue weighted by Crippen LogP contribution is 2.41. The fraction of sp³-hybridized carbons (Fsp3) is 0.583. The van der Waals surface area contributed by atoms with Gasteiger partial charge in [0.05, 0.1) is 21.9 Å². The maximum absolute atomic E-state index is 13.9. The smallest absolute Gasteiger partial charge is 0.388 e. The van der Waals surface area contributed by atoms with Gasteiger partial charge in [-0.25, -0.2) is 0 Å². The van der Waals surface area contributed by atoms with E-state index in [1.54, 1.807) is 13.0 Å². The molecule has 1 amide bonds. The minimum Gasteiger partial charge on any atom is -0.388 e. The molecule has 5 nitrogen and oxygen atoms in total. The molecule has 9 heteroatoms. The number of hydrogen-bond acceptors (Lipinski definition) is 3. The summed E-state index contributed by atoms with van der Waals surface area (Å²) in [6.45, 7) is 6.03. The molecule has 1 saturated carbocycles. The summed E-state index contributed by atoms with van der Waals surface area (Å²) in [4.78, 5) is 12.8. The van der Waals surface area contributed by atoms with Crippen molar-refractivity contribution < 1.29 is 23.1 Å². The highest BCUT2D eigenvalue weighted by atomic mass is 35.5. The van der Waals surface area contributed by atoms with Gasteiger partial charge in [-0.3, -0.25) is 9.48 Å². The van der Waals surface area contributed by atoms with E-state index in [2.05, 4.69) is 17.3 Å². The molecular weight excluding hydrogens is 455 g/mol. The Morgan fingerprint density at radius 3 is 2.55 bits per heavy atom. The van der Waals surface area contributed by atoms with E-state index in [0.29, 0.717) is 30.7 Å². The zero-order valence-electron chi connectivity index (χ0n) is 19.2. The van der Waals surface area contributed by atoms with E-state index in [0.717, 1.165) is 25.3 Å². The molecule has 0 spiro atoms. The van der Waals surface area contributed by atoms with Crippen molar-refractivity contribution >= 4 is 17.5 Å². The van der Waals surface area contributed by atoms with Crippen LogP contribution in [0, 0.1) is 5.92 Å². The number of aryl methyl sites for hydroxylation is 2. The molecule has 2 N–H and O–H groups in total. The standard InChI is InChI=1S/C24H31ClF3N3O2/c1-4-6-16-7-8-17(18(13-16)24(26,27)28)21-19(25)20(30-31(21)5-2)22(32)29-14-23(33)11-9-15(3)10-12-23/h7-8,13,15,33H,4-6,9-12,14H2,1-3H3,(H,29,32). The first kappa shape index (κ1) is 25.6. The van der Waals surface area contributed by atoms with E-state index in [1.165, 1.54) is 10.7 Å². The number of alkyl halides is 3. The van der Waals surface area contributed by atoms with E-state index in [1.807, 2.05) is 6.92 Å². The number of hydrogen-bond donors (Lipinski definition) is 2. The molecule has 2 aromatic rings. The van der Waals surface area contributed by atoms with Crippen molar-refractivity contribution in [3.05, 3.63) is 40.0 Å². The number of nitrogens with one attached hydrogen (secondary N) is 1. The van der Waals surface area contributed by atoms with Crippen LogP contribution in [0.2, 0.25) is 5.02 Å². The van der Waals surface area contributed by atoms with Crippen LogP contribution in [0.3, 0.4) is 0 Å². The molecule has 0 saturated heterocycles. The predicted molar refractivity (Wildman–Crippen MR) is 122 cm³/mol. The van der Waals surface area contributed by atoms with E-state index >= 15 is 0 Å². The molecule has 0 bridgehead atoms. The van der Waals surface area contributed by atoms with Crippen LogP contribution in [-0.4, -0.2) is 32.9 Å². The Hall–Kier alpha value is -2.06. The van der Waals surface area contributed by atoms with Gasteiger partial charge < -0.3 is 10.4 Å². The van der Waals surface area contributed by atoms with E-state index in [4.69, 9.17) is 11.6 Å². The highest BCUT2D eigenvalue weighted by molar-refractivity contribution is 6.36. The molecule has 0 unspecified atom stereocenters. The molecule has 0 radical (unpaired) electrons. The van der Waals surface area contributed by atoms with Crippen LogP contribution < -0.4 is 5.32 Å². The Labute approximate surface area is 197 Å². The summed E-state index contributed by atoms with van der Waals surface area (Å²) in [7, 11) is 0. The van der Waals surface area contributed by atoms with Crippen molar-refractivity contribution in [3.8, 4) is 11.3 Å². The maximum atomic E-state index is 13.9. The number of aliphatic hydroxyl groups is 1. The lowest BCUT2D eigenvalue weighted by molar-refractivity contribution is -0.137. The summed E-state index contributed by atoms with van der Waals surface area (Å²) in [5.74, 6) is -0.0820. The van der Waals surface area contributed by atoms with E-state index < -0.39 is 23.2 Å². The predicted octanol–water partition coefficient (Wildman–Crippen LogP) is 5.87. The Kier molecular flexibility index (Phi) is 7.79. The largest absolute Gasteiger partial charge is 0.417 e. The third-order valence-corrected chi connectivity index (χ3v) is 6.73. The van der Waals surface area contributed by atoms with E-state index in [-0.39, 0.29) is 35.1 Å². The lowest BCUT2D eigenvalue weighted by atomic mass is 9.79. The molecule has 33 heavy (non-hydrogen) atoms. The Morgan fingerprint density at radius 1 is 1.30 bits per heavy atom. The second kappa shape index (κ2) is 10.1. The summed E-state index contributed by atoms with van der Waals surface area (Å²) in [6.07, 6.45) is -0.438. The number of carbonyl (C=O) groups excluding carboxylic acids is 1. The van der Waals surface area contributed by atoms with Gasteiger partial charge in [-0.05, 0) is 56.6 Å². The van der Waals surface area contributed by atoms with Gasteiger partial charge in [0.1, 0.15) is 0 Å². The fourth-order valence-electron chi connectivity index (χ4n) is 4.35. The van der Waals surface area contributed by atoms with Crippen LogP contribution >= 0.6 is 11.6 Å². The third kappa shape index (κ3) is 5.72. The van der Waals surface area contributed by atoms with Gasteiger partial charge in [0.2, 0.25) is 0 Å². The fourth-order valence-corrected chi connectivity index (χ4v) is 4.68. The van der Waals surface area contributed by atoms with E-state index in [9.17, 15) is 23.1 Å². The summed E-state index contributed by atoms with van der Waals surface area (Å²) < 4.78 is 43.0. The molecule has 182 valence electrons. The average molecular weight is 486 g/mol. The quantitative estimate of drug-likeness (QED) is 0.515. The molecule has 0 aliphatic heterocycles. The number of amides is 1. The topological polar surface area (TPSA) is 67.2 Å². The summed E-state index contributed by atoms with van der Waals surface area (Å²) in [5, 5.41) is 17.5. The van der Waals surface area contributed by atoms with Gasteiger partial charge in [-0.2, -0.15) is 18.3 Å². The molecule has 0 atom stereocenters. The van der Waals surface area contributed by atoms with Crippen molar-refractivity contribution in [2.45, 2.75) is 77.6 Å². The zero-order valence-corrected chi connectivity index (χ0v) is 20.0. The number of benzene rings is 1. The lowest BCUT2D eigenvalue weighted by Gasteiger charge is -2.34. The van der Waals surface area contributed by atoms with Gasteiger partial charge in [0.15, 0.2) is 5.69 Å². The number of aromatic nitrogens is 2. The highest BCUT2D eigenvalue weighted by Gasteiger charge is 2.37. The summed E-state index contributed by atoms with van der Waals surface area (Å²) >= 11 is 6.46. The minimum absolute atomic E-state index is 0.0444. The lowest BCUT2D eigenvalue weighted by Crippen LogP contribution is -2.45. The Bertz CT molecular complexity index is 996. The van der Waals surface area contributed by atoms with Gasteiger partial charge in [-0.1, -0.05) is 44.0 Å². The molecule has 1 aromatic carbocycles. The molecular formula is C24H31ClF3N3O2. The second-order valence-corrected chi connectivity index (χ2v) is 9.42. The Balaban J connectivity index is 1.93. The van der Waals surface area contributed by atoms with Crippen molar-refractivity contribution in [2.75, 3.05) is 6.54 Å². The van der Waals surface area contributed by atoms with Crippen LogP contribution in [0.15, 0.2) is 18.2 Å². The van der Waals surface area contributed by atoms with Gasteiger partial charge in [0.25, 0.3) is 5.91 Å². The van der Waals surface area contributed by atoms with Crippen molar-refractivity contribution in [1.29, 1.82) is 0 Å². The first-order chi connectivity index (χ1) is 15.5. The van der Waals surface area contributed by atoms with Gasteiger partial charge >= 0.3 is 6.18 Å². The first-order valence-electron chi connectivity index (χ1n) is 11.5. The monoisotopic (exact) mass is 485 g/mol. The molecule has 1 aliphatic carbocycles. The number of rotatable bonds is 7. The van der Waals surface area contributed by atoms with Crippen molar-refractivity contribution in [3.63, 3.8) is 0 Å².